The molecule has 0 fully saturated rings. The second-order valence-electron chi connectivity index (χ2n) is 13.6. The van der Waals surface area contributed by atoms with Crippen molar-refractivity contribution in [3.05, 3.63) is 181 Å². The summed E-state index contributed by atoms with van der Waals surface area (Å²) in [5, 5.41) is 17.4. The van der Waals surface area contributed by atoms with Gasteiger partial charge >= 0.3 is 0 Å². The Morgan fingerprint density at radius 1 is 0.434 bits per heavy atom. The number of furan rings is 1. The number of nitrogens with zero attached hydrogens (tertiary/aromatic N) is 3. The molecule has 0 aliphatic heterocycles. The summed E-state index contributed by atoms with van der Waals surface area (Å²) in [6.45, 7) is 0. The summed E-state index contributed by atoms with van der Waals surface area (Å²) in [5.74, 6) is 0. The van der Waals surface area contributed by atoms with E-state index < -0.39 is 0 Å². The third kappa shape index (κ3) is 4.22. The molecule has 0 aliphatic rings. The molecule has 0 N–H and O–H groups in total. The van der Waals surface area contributed by atoms with Gasteiger partial charge in [-0.25, -0.2) is 0 Å². The van der Waals surface area contributed by atoms with Crippen molar-refractivity contribution in [3.8, 4) is 39.7 Å². The SMILES string of the molecule is N#Cc1cc(-c2ccc(-c3ccccc3)cc2)ccc1-n1c2ccccc2c2c3c(c4ccccc4n3-c3ccccc3)c3oc4ccccc4c3c21. The maximum absolute atomic E-state index is 10.8. The highest BCUT2D eigenvalue weighted by Crippen LogP contribution is 2.49. The van der Waals surface area contributed by atoms with Crippen molar-refractivity contribution in [2.45, 2.75) is 0 Å². The molecule has 11 aromatic rings. The first-order chi connectivity index (χ1) is 26.3. The van der Waals surface area contributed by atoms with Crippen LogP contribution < -0.4 is 0 Å². The van der Waals surface area contributed by atoms with E-state index in [-0.39, 0.29) is 0 Å². The predicted molar refractivity (Wildman–Crippen MR) is 218 cm³/mol. The van der Waals surface area contributed by atoms with E-state index in [1.165, 1.54) is 5.56 Å². The number of rotatable bonds is 4. The lowest BCUT2D eigenvalue weighted by atomic mass is 9.98. The molecule has 11 rings (SSSR count). The number of para-hydroxylation sites is 4. The van der Waals surface area contributed by atoms with Crippen molar-refractivity contribution in [3.63, 3.8) is 0 Å². The van der Waals surface area contributed by atoms with Crippen LogP contribution in [0.3, 0.4) is 0 Å². The first-order valence-electron chi connectivity index (χ1n) is 17.8. The molecule has 0 amide bonds. The molecule has 246 valence electrons. The van der Waals surface area contributed by atoms with E-state index in [0.29, 0.717) is 5.56 Å². The fraction of sp³-hybridized carbons (Fsp3) is 0. The van der Waals surface area contributed by atoms with E-state index in [1.807, 2.05) is 18.2 Å². The average Bonchev–Trinajstić information content (AvgIpc) is 3.89. The molecule has 0 saturated heterocycles. The van der Waals surface area contributed by atoms with Crippen LogP contribution in [0.5, 0.6) is 0 Å². The minimum absolute atomic E-state index is 0.599. The molecule has 4 heteroatoms. The molecule has 53 heavy (non-hydrogen) atoms. The summed E-state index contributed by atoms with van der Waals surface area (Å²) in [6, 6.07) is 63.9. The molecule has 0 unspecified atom stereocenters. The van der Waals surface area contributed by atoms with Gasteiger partial charge in [-0.1, -0.05) is 133 Å². The molecule has 4 nitrogen and oxygen atoms in total. The van der Waals surface area contributed by atoms with Crippen LogP contribution >= 0.6 is 0 Å². The summed E-state index contributed by atoms with van der Waals surface area (Å²) in [4.78, 5) is 0. The van der Waals surface area contributed by atoms with Crippen LogP contribution in [0.1, 0.15) is 5.56 Å². The van der Waals surface area contributed by atoms with E-state index in [4.69, 9.17) is 4.42 Å². The van der Waals surface area contributed by atoms with E-state index in [1.54, 1.807) is 0 Å². The molecule has 0 spiro atoms. The van der Waals surface area contributed by atoms with Crippen molar-refractivity contribution < 1.29 is 4.42 Å². The highest BCUT2D eigenvalue weighted by Gasteiger charge is 2.28. The molecule has 0 atom stereocenters. The first kappa shape index (κ1) is 29.4. The summed E-state index contributed by atoms with van der Waals surface area (Å²) >= 11 is 0. The van der Waals surface area contributed by atoms with E-state index >= 15 is 0 Å². The molecule has 3 heterocycles. The van der Waals surface area contributed by atoms with Gasteiger partial charge < -0.3 is 13.6 Å². The minimum atomic E-state index is 0.599. The van der Waals surface area contributed by atoms with Gasteiger partial charge in [-0.2, -0.15) is 5.26 Å². The second kappa shape index (κ2) is 11.3. The van der Waals surface area contributed by atoms with Gasteiger partial charge in [0.1, 0.15) is 17.2 Å². The monoisotopic (exact) mass is 675 g/mol. The molecule has 8 aromatic carbocycles. The molecule has 3 aromatic heterocycles. The normalized spacial score (nSPS) is 11.8. The summed E-state index contributed by atoms with van der Waals surface area (Å²) in [6.07, 6.45) is 0. The van der Waals surface area contributed by atoms with Crippen LogP contribution in [-0.2, 0) is 0 Å². The molecule has 0 bridgehead atoms. The van der Waals surface area contributed by atoms with Crippen LogP contribution in [0.4, 0.5) is 0 Å². The maximum atomic E-state index is 10.8. The van der Waals surface area contributed by atoms with Gasteiger partial charge in [-0.3, -0.25) is 0 Å². The van der Waals surface area contributed by atoms with Crippen molar-refractivity contribution in [1.82, 2.24) is 9.13 Å². The zero-order chi connectivity index (χ0) is 35.0. The fourth-order valence-corrected chi connectivity index (χ4v) is 8.46. The topological polar surface area (TPSA) is 46.8 Å². The number of benzene rings is 8. The number of hydrogen-bond donors (Lipinski definition) is 0. The van der Waals surface area contributed by atoms with E-state index in [2.05, 4.69) is 173 Å². The molecular formula is C49H29N3O. The van der Waals surface area contributed by atoms with Gasteiger partial charge in [0.05, 0.1) is 44.1 Å². The zero-order valence-electron chi connectivity index (χ0n) is 28.5. The van der Waals surface area contributed by atoms with E-state index in [0.717, 1.165) is 93.6 Å². The van der Waals surface area contributed by atoms with Crippen LogP contribution in [0.15, 0.2) is 180 Å². The Morgan fingerprint density at radius 2 is 0.943 bits per heavy atom. The Morgan fingerprint density at radius 3 is 1.66 bits per heavy atom. The predicted octanol–water partition coefficient (Wildman–Crippen LogP) is 13.0. The van der Waals surface area contributed by atoms with Gasteiger partial charge in [-0.15, -0.1) is 0 Å². The van der Waals surface area contributed by atoms with Gasteiger partial charge in [0.2, 0.25) is 0 Å². The number of aromatic nitrogens is 2. The molecular weight excluding hydrogens is 647 g/mol. The molecule has 0 radical (unpaired) electrons. The van der Waals surface area contributed by atoms with Gasteiger partial charge in [-0.05, 0) is 64.7 Å². The van der Waals surface area contributed by atoms with Crippen LogP contribution in [0, 0.1) is 11.3 Å². The molecule has 0 saturated carbocycles. The maximum Gasteiger partial charge on any atom is 0.147 e. The van der Waals surface area contributed by atoms with Crippen LogP contribution in [0.2, 0.25) is 0 Å². The van der Waals surface area contributed by atoms with Gasteiger partial charge in [0.25, 0.3) is 0 Å². The number of hydrogen-bond acceptors (Lipinski definition) is 2. The largest absolute Gasteiger partial charge is 0.455 e. The Kier molecular flexibility index (Phi) is 6.28. The summed E-state index contributed by atoms with van der Waals surface area (Å²) in [7, 11) is 0. The van der Waals surface area contributed by atoms with Gasteiger partial charge in [0, 0.05) is 27.2 Å². The summed E-state index contributed by atoms with van der Waals surface area (Å²) in [5.41, 5.74) is 12.8. The Hall–Kier alpha value is -7.35. The Labute approximate surface area is 304 Å². The third-order valence-electron chi connectivity index (χ3n) is 10.7. The Balaban J connectivity index is 1.27. The highest BCUT2D eigenvalue weighted by atomic mass is 16.3. The summed E-state index contributed by atoms with van der Waals surface area (Å²) < 4.78 is 11.6. The number of fused-ring (bicyclic) bond motifs is 12. The average molecular weight is 676 g/mol. The van der Waals surface area contributed by atoms with E-state index in [9.17, 15) is 5.26 Å². The van der Waals surface area contributed by atoms with Crippen LogP contribution in [-0.4, -0.2) is 9.13 Å². The lowest BCUT2D eigenvalue weighted by Crippen LogP contribution is -1.99. The third-order valence-corrected chi connectivity index (χ3v) is 10.7. The Bertz CT molecular complexity index is 3270. The minimum Gasteiger partial charge on any atom is -0.455 e. The number of nitriles is 1. The quantitative estimate of drug-likeness (QED) is 0.186. The molecule has 0 aliphatic carbocycles. The van der Waals surface area contributed by atoms with Crippen molar-refractivity contribution >= 4 is 65.6 Å². The van der Waals surface area contributed by atoms with Crippen molar-refractivity contribution in [2.75, 3.05) is 0 Å². The zero-order valence-corrected chi connectivity index (χ0v) is 28.5. The smallest absolute Gasteiger partial charge is 0.147 e. The lowest BCUT2D eigenvalue weighted by Gasteiger charge is -2.13. The van der Waals surface area contributed by atoms with Crippen molar-refractivity contribution in [2.24, 2.45) is 0 Å². The van der Waals surface area contributed by atoms with Crippen molar-refractivity contribution in [1.29, 1.82) is 5.26 Å². The van der Waals surface area contributed by atoms with Crippen LogP contribution in [0.25, 0.3) is 99.2 Å². The van der Waals surface area contributed by atoms with Gasteiger partial charge in [0.15, 0.2) is 0 Å². The second-order valence-corrected chi connectivity index (χ2v) is 13.6. The standard InChI is InChI=1S/C49H29N3O/c50-30-35-29-34(33-25-23-32(24-26-33)31-13-3-1-4-14-31)27-28-40(35)52-42-21-11-7-17-37(42)44-47-45(49-46(48(44)52)39-19-9-12-22-43(39)53-49)38-18-8-10-20-41(38)51(47)36-15-5-2-6-16-36/h1-29H. The fourth-order valence-electron chi connectivity index (χ4n) is 8.46. The lowest BCUT2D eigenvalue weighted by molar-refractivity contribution is 0.673. The highest BCUT2D eigenvalue weighted by molar-refractivity contribution is 6.39. The first-order valence-corrected chi connectivity index (χ1v) is 17.8.